The zero-order valence-corrected chi connectivity index (χ0v) is 17.8. The quantitative estimate of drug-likeness (QED) is 0.779. The van der Waals surface area contributed by atoms with Crippen molar-refractivity contribution in [3.8, 4) is 0 Å². The number of amidine groups is 1. The number of nitrogens with one attached hydrogen (secondary N) is 1. The molecule has 2 amide bonds. The van der Waals surface area contributed by atoms with Crippen molar-refractivity contribution in [1.82, 2.24) is 4.90 Å². The van der Waals surface area contributed by atoms with Crippen molar-refractivity contribution >= 4 is 40.1 Å². The summed E-state index contributed by atoms with van der Waals surface area (Å²) in [6.07, 6.45) is 2.15. The summed E-state index contributed by atoms with van der Waals surface area (Å²) >= 11 is 1.41. The minimum atomic E-state index is -0.427. The van der Waals surface area contributed by atoms with Crippen molar-refractivity contribution < 1.29 is 9.59 Å². The van der Waals surface area contributed by atoms with Crippen molar-refractivity contribution in [3.05, 3.63) is 59.2 Å². The Bertz CT molecular complexity index is 997. The molecule has 5 nitrogen and oxygen atoms in total. The number of carbonyl (C=O) groups is 2. The number of anilines is 1. The van der Waals surface area contributed by atoms with Gasteiger partial charge in [0, 0.05) is 18.2 Å². The molecule has 2 fully saturated rings. The third-order valence-corrected chi connectivity index (χ3v) is 6.61. The standard InChI is InChI=1S/C23H25N3O2S/c1-14-8-6-10-19(16(14)3)25-23-26(17-11-12-17)22(28)20(29-23)13-21(27)24-18-9-5-4-7-15(18)2/h4-10,17,20H,11-13H2,1-3H3,(H,24,27)/t20-/m1/s1. The van der Waals surface area contributed by atoms with E-state index in [1.807, 2.05) is 55.1 Å². The maximum absolute atomic E-state index is 13.0. The zero-order chi connectivity index (χ0) is 20.5. The van der Waals surface area contributed by atoms with E-state index in [-0.39, 0.29) is 24.3 Å². The number of carbonyl (C=O) groups excluding carboxylic acids is 2. The molecule has 1 atom stereocenters. The first kappa shape index (κ1) is 19.7. The molecule has 150 valence electrons. The van der Waals surface area contributed by atoms with E-state index < -0.39 is 5.25 Å². The largest absolute Gasteiger partial charge is 0.326 e. The Morgan fingerprint density at radius 2 is 1.83 bits per heavy atom. The van der Waals surface area contributed by atoms with Crippen LogP contribution in [0.4, 0.5) is 11.4 Å². The van der Waals surface area contributed by atoms with Gasteiger partial charge >= 0.3 is 0 Å². The fourth-order valence-corrected chi connectivity index (χ4v) is 4.61. The Kier molecular flexibility index (Phi) is 5.46. The van der Waals surface area contributed by atoms with Gasteiger partial charge in [-0.3, -0.25) is 14.5 Å². The summed E-state index contributed by atoms with van der Waals surface area (Å²) in [5, 5.41) is 3.23. The van der Waals surface area contributed by atoms with Crippen LogP contribution < -0.4 is 5.32 Å². The summed E-state index contributed by atoms with van der Waals surface area (Å²) < 4.78 is 0. The Labute approximate surface area is 175 Å². The van der Waals surface area contributed by atoms with Crippen LogP contribution in [0.5, 0.6) is 0 Å². The van der Waals surface area contributed by atoms with Gasteiger partial charge in [-0.2, -0.15) is 0 Å². The highest BCUT2D eigenvalue weighted by atomic mass is 32.2. The van der Waals surface area contributed by atoms with Crippen LogP contribution >= 0.6 is 11.8 Å². The smallest absolute Gasteiger partial charge is 0.242 e. The van der Waals surface area contributed by atoms with Crippen LogP contribution in [0.25, 0.3) is 0 Å². The fraction of sp³-hybridized carbons (Fsp3) is 0.348. The molecule has 1 saturated carbocycles. The number of benzene rings is 2. The first-order valence-electron chi connectivity index (χ1n) is 9.94. The summed E-state index contributed by atoms with van der Waals surface area (Å²) in [6.45, 7) is 6.06. The number of para-hydroxylation sites is 1. The predicted molar refractivity (Wildman–Crippen MR) is 119 cm³/mol. The molecule has 0 unspecified atom stereocenters. The van der Waals surface area contributed by atoms with Gasteiger partial charge in [0.25, 0.3) is 0 Å². The summed E-state index contributed by atoms with van der Waals surface area (Å²) in [5.41, 5.74) is 4.97. The molecular formula is C23H25N3O2S. The molecule has 1 N–H and O–H groups in total. The lowest BCUT2D eigenvalue weighted by Gasteiger charge is -2.16. The highest BCUT2D eigenvalue weighted by Crippen LogP contribution is 2.40. The Balaban J connectivity index is 1.53. The molecule has 29 heavy (non-hydrogen) atoms. The van der Waals surface area contributed by atoms with E-state index in [9.17, 15) is 9.59 Å². The number of hydrogen-bond donors (Lipinski definition) is 1. The third kappa shape index (κ3) is 4.22. The Morgan fingerprint density at radius 1 is 1.10 bits per heavy atom. The number of nitrogens with zero attached hydrogens (tertiary/aromatic N) is 2. The molecule has 1 aliphatic heterocycles. The third-order valence-electron chi connectivity index (χ3n) is 5.46. The highest BCUT2D eigenvalue weighted by Gasteiger charge is 2.46. The zero-order valence-electron chi connectivity index (χ0n) is 16.9. The van der Waals surface area contributed by atoms with Crippen LogP contribution in [0.3, 0.4) is 0 Å². The molecule has 2 aliphatic rings. The molecule has 1 aliphatic carbocycles. The molecular weight excluding hydrogens is 382 g/mol. The van der Waals surface area contributed by atoms with Gasteiger partial charge in [0.1, 0.15) is 5.25 Å². The average molecular weight is 408 g/mol. The van der Waals surface area contributed by atoms with E-state index in [0.29, 0.717) is 0 Å². The summed E-state index contributed by atoms with van der Waals surface area (Å²) in [7, 11) is 0. The predicted octanol–water partition coefficient (Wildman–Crippen LogP) is 4.73. The van der Waals surface area contributed by atoms with E-state index in [1.165, 1.54) is 17.3 Å². The maximum atomic E-state index is 13.0. The van der Waals surface area contributed by atoms with E-state index >= 15 is 0 Å². The van der Waals surface area contributed by atoms with Gasteiger partial charge in [-0.1, -0.05) is 42.1 Å². The van der Waals surface area contributed by atoms with E-state index in [1.54, 1.807) is 0 Å². The van der Waals surface area contributed by atoms with Crippen molar-refractivity contribution in [2.24, 2.45) is 4.99 Å². The number of hydrogen-bond acceptors (Lipinski definition) is 4. The van der Waals surface area contributed by atoms with Crippen LogP contribution in [0.15, 0.2) is 47.5 Å². The average Bonchev–Trinajstić information content (AvgIpc) is 3.47. The minimum Gasteiger partial charge on any atom is -0.326 e. The topological polar surface area (TPSA) is 61.8 Å². The van der Waals surface area contributed by atoms with Crippen molar-refractivity contribution in [2.45, 2.75) is 51.3 Å². The monoisotopic (exact) mass is 407 g/mol. The molecule has 2 aromatic carbocycles. The lowest BCUT2D eigenvalue weighted by atomic mass is 10.1. The van der Waals surface area contributed by atoms with Crippen molar-refractivity contribution in [3.63, 3.8) is 0 Å². The molecule has 0 spiro atoms. The molecule has 1 saturated heterocycles. The second-order valence-electron chi connectivity index (χ2n) is 7.73. The molecule has 1 heterocycles. The minimum absolute atomic E-state index is 0.00138. The first-order chi connectivity index (χ1) is 13.9. The molecule has 4 rings (SSSR count). The fourth-order valence-electron chi connectivity index (χ4n) is 3.40. The van der Waals surface area contributed by atoms with E-state index in [2.05, 4.69) is 18.3 Å². The lowest BCUT2D eigenvalue weighted by Crippen LogP contribution is -2.35. The molecule has 0 aromatic heterocycles. The Morgan fingerprint density at radius 3 is 2.55 bits per heavy atom. The van der Waals surface area contributed by atoms with Gasteiger partial charge in [-0.25, -0.2) is 4.99 Å². The molecule has 2 aromatic rings. The van der Waals surface area contributed by atoms with Gasteiger partial charge in [0.2, 0.25) is 11.8 Å². The van der Waals surface area contributed by atoms with E-state index in [0.717, 1.165) is 40.5 Å². The van der Waals surface area contributed by atoms with Crippen LogP contribution in [-0.2, 0) is 9.59 Å². The normalized spacial score (nSPS) is 20.4. The second kappa shape index (κ2) is 8.03. The first-order valence-corrected chi connectivity index (χ1v) is 10.8. The molecule has 0 radical (unpaired) electrons. The van der Waals surface area contributed by atoms with Crippen molar-refractivity contribution in [2.75, 3.05) is 5.32 Å². The van der Waals surface area contributed by atoms with Crippen LogP contribution in [0.1, 0.15) is 36.0 Å². The number of aliphatic imine (C=N–C) groups is 1. The van der Waals surface area contributed by atoms with E-state index in [4.69, 9.17) is 4.99 Å². The maximum Gasteiger partial charge on any atom is 0.242 e. The summed E-state index contributed by atoms with van der Waals surface area (Å²) in [6, 6.07) is 13.9. The summed E-state index contributed by atoms with van der Waals surface area (Å²) in [5.74, 6) is -0.143. The van der Waals surface area contributed by atoms with Gasteiger partial charge < -0.3 is 5.32 Å². The van der Waals surface area contributed by atoms with Crippen LogP contribution in [0.2, 0.25) is 0 Å². The van der Waals surface area contributed by atoms with Crippen LogP contribution in [-0.4, -0.2) is 33.2 Å². The number of thioether (sulfide) groups is 1. The van der Waals surface area contributed by atoms with Gasteiger partial charge in [0.15, 0.2) is 5.17 Å². The highest BCUT2D eigenvalue weighted by molar-refractivity contribution is 8.15. The number of amides is 2. The lowest BCUT2D eigenvalue weighted by molar-refractivity contribution is -0.128. The summed E-state index contributed by atoms with van der Waals surface area (Å²) in [4.78, 5) is 32.3. The number of rotatable bonds is 5. The van der Waals surface area contributed by atoms with Crippen LogP contribution in [0, 0.1) is 20.8 Å². The molecule has 6 heteroatoms. The van der Waals surface area contributed by atoms with Crippen molar-refractivity contribution in [1.29, 1.82) is 0 Å². The number of aryl methyl sites for hydroxylation is 2. The van der Waals surface area contributed by atoms with Gasteiger partial charge in [0.05, 0.1) is 5.69 Å². The molecule has 0 bridgehead atoms. The Hall–Kier alpha value is -2.60. The second-order valence-corrected chi connectivity index (χ2v) is 8.90. The SMILES string of the molecule is Cc1ccccc1NC(=O)C[C@H]1SC(=Nc2cccc(C)c2C)N(C2CC2)C1=O. The van der Waals surface area contributed by atoms with Gasteiger partial charge in [-0.15, -0.1) is 0 Å². The van der Waals surface area contributed by atoms with Gasteiger partial charge in [-0.05, 0) is 62.4 Å².